The highest BCUT2D eigenvalue weighted by Gasteiger charge is 2.22. The summed E-state index contributed by atoms with van der Waals surface area (Å²) in [4.78, 5) is 4.63. The average molecular weight is 277 g/mol. The number of nitrogens with zero attached hydrogens (tertiary/aromatic N) is 1. The van der Waals surface area contributed by atoms with Gasteiger partial charge in [-0.25, -0.2) is 0 Å². The molecule has 1 heterocycles. The highest BCUT2D eigenvalue weighted by molar-refractivity contribution is 5.22. The Morgan fingerprint density at radius 3 is 2.10 bits per heavy atom. The summed E-state index contributed by atoms with van der Waals surface area (Å²) >= 11 is 0. The zero-order chi connectivity index (χ0) is 15.2. The Kier molecular flexibility index (Phi) is 6.63. The van der Waals surface area contributed by atoms with Gasteiger partial charge in [0.1, 0.15) is 0 Å². The van der Waals surface area contributed by atoms with Gasteiger partial charge in [0.2, 0.25) is 0 Å². The van der Waals surface area contributed by atoms with Crippen molar-refractivity contribution in [3.63, 3.8) is 0 Å². The molecule has 0 amide bonds. The monoisotopic (exact) mass is 277 g/mol. The van der Waals surface area contributed by atoms with E-state index in [2.05, 4.69) is 57.2 Å². The van der Waals surface area contributed by atoms with Crippen LogP contribution in [0.5, 0.6) is 0 Å². The van der Waals surface area contributed by atoms with Crippen LogP contribution < -0.4 is 11.3 Å². The number of nitrogens with two attached hydrogens (primary N) is 1. The normalized spacial score (nSPS) is 13.8. The van der Waals surface area contributed by atoms with Crippen LogP contribution in [0.25, 0.3) is 0 Å². The summed E-state index contributed by atoms with van der Waals surface area (Å²) < 4.78 is 0. The van der Waals surface area contributed by atoms with Crippen LogP contribution in [0.2, 0.25) is 0 Å². The number of pyridine rings is 1. The molecule has 0 aliphatic heterocycles. The summed E-state index contributed by atoms with van der Waals surface area (Å²) in [6, 6.07) is 4.52. The molecule has 1 aromatic heterocycles. The first-order valence-electron chi connectivity index (χ1n) is 7.86. The second kappa shape index (κ2) is 7.75. The molecule has 0 aromatic carbocycles. The van der Waals surface area contributed by atoms with Crippen molar-refractivity contribution in [2.45, 2.75) is 71.8 Å². The SMILES string of the molecule is CCCC(CCC)C(NN)c1ccc(C(C)(C)C)nc1. The lowest BCUT2D eigenvalue weighted by molar-refractivity contribution is 0.318. The summed E-state index contributed by atoms with van der Waals surface area (Å²) in [5, 5.41) is 0. The Labute approximate surface area is 124 Å². The molecule has 0 saturated heterocycles. The lowest BCUT2D eigenvalue weighted by Gasteiger charge is -2.27. The van der Waals surface area contributed by atoms with Crippen LogP contribution in [0.15, 0.2) is 18.3 Å². The van der Waals surface area contributed by atoms with E-state index in [1.807, 2.05) is 6.20 Å². The molecule has 20 heavy (non-hydrogen) atoms. The summed E-state index contributed by atoms with van der Waals surface area (Å²) in [5.41, 5.74) is 5.43. The maximum atomic E-state index is 5.81. The van der Waals surface area contributed by atoms with E-state index in [0.717, 1.165) is 5.69 Å². The second-order valence-corrected chi connectivity index (χ2v) is 6.71. The molecule has 0 spiro atoms. The fraction of sp³-hybridized carbons (Fsp3) is 0.706. The van der Waals surface area contributed by atoms with Crippen molar-refractivity contribution in [1.29, 1.82) is 0 Å². The third-order valence-electron chi connectivity index (χ3n) is 3.88. The molecule has 114 valence electrons. The van der Waals surface area contributed by atoms with E-state index in [4.69, 9.17) is 5.84 Å². The van der Waals surface area contributed by atoms with Gasteiger partial charge in [0.05, 0.1) is 6.04 Å². The molecule has 3 N–H and O–H groups in total. The highest BCUT2D eigenvalue weighted by Crippen LogP contribution is 2.30. The number of hydrogen-bond acceptors (Lipinski definition) is 3. The van der Waals surface area contributed by atoms with Crippen molar-refractivity contribution >= 4 is 0 Å². The molecule has 0 aliphatic rings. The Balaban J connectivity index is 2.93. The summed E-state index contributed by atoms with van der Waals surface area (Å²) in [6.07, 6.45) is 6.77. The van der Waals surface area contributed by atoms with Gasteiger partial charge in [0.25, 0.3) is 0 Å². The van der Waals surface area contributed by atoms with Crippen molar-refractivity contribution in [2.24, 2.45) is 11.8 Å². The first-order chi connectivity index (χ1) is 9.43. The third kappa shape index (κ3) is 4.57. The maximum Gasteiger partial charge on any atom is 0.0503 e. The van der Waals surface area contributed by atoms with Gasteiger partial charge in [-0.2, -0.15) is 0 Å². The van der Waals surface area contributed by atoms with Gasteiger partial charge in [-0.05, 0) is 30.4 Å². The zero-order valence-corrected chi connectivity index (χ0v) is 13.7. The van der Waals surface area contributed by atoms with Crippen LogP contribution in [0.4, 0.5) is 0 Å². The molecule has 3 heteroatoms. The Hall–Kier alpha value is -0.930. The standard InChI is InChI=1S/C17H31N3/c1-6-8-13(9-7-2)16(20-18)14-10-11-15(19-12-14)17(3,4)5/h10-13,16,20H,6-9,18H2,1-5H3. The van der Waals surface area contributed by atoms with E-state index < -0.39 is 0 Å². The second-order valence-electron chi connectivity index (χ2n) is 6.71. The molecule has 0 fully saturated rings. The molecule has 0 aliphatic carbocycles. The topological polar surface area (TPSA) is 50.9 Å². The van der Waals surface area contributed by atoms with Gasteiger partial charge in [-0.15, -0.1) is 0 Å². The molecular weight excluding hydrogens is 246 g/mol. The lowest BCUT2D eigenvalue weighted by Crippen LogP contribution is -2.34. The number of hydrogen-bond donors (Lipinski definition) is 2. The van der Waals surface area contributed by atoms with Crippen molar-refractivity contribution in [1.82, 2.24) is 10.4 Å². The summed E-state index contributed by atoms with van der Waals surface area (Å²) in [7, 11) is 0. The number of nitrogens with one attached hydrogen (secondary N) is 1. The smallest absolute Gasteiger partial charge is 0.0503 e. The van der Waals surface area contributed by atoms with Crippen LogP contribution in [0.3, 0.4) is 0 Å². The van der Waals surface area contributed by atoms with Crippen LogP contribution in [0.1, 0.15) is 77.6 Å². The number of rotatable bonds is 7. The van der Waals surface area contributed by atoms with E-state index in [0.29, 0.717) is 5.92 Å². The van der Waals surface area contributed by atoms with Crippen molar-refractivity contribution in [3.05, 3.63) is 29.6 Å². The number of hydrazine groups is 1. The molecule has 0 bridgehead atoms. The van der Waals surface area contributed by atoms with Crippen molar-refractivity contribution in [2.75, 3.05) is 0 Å². The van der Waals surface area contributed by atoms with Crippen LogP contribution in [-0.2, 0) is 5.41 Å². The summed E-state index contributed by atoms with van der Waals surface area (Å²) in [6.45, 7) is 11.0. The zero-order valence-electron chi connectivity index (χ0n) is 13.7. The van der Waals surface area contributed by atoms with Crippen molar-refractivity contribution in [3.8, 4) is 0 Å². The number of aromatic nitrogens is 1. The van der Waals surface area contributed by atoms with Crippen LogP contribution >= 0.6 is 0 Å². The summed E-state index contributed by atoms with van der Waals surface area (Å²) in [5.74, 6) is 6.39. The Morgan fingerprint density at radius 2 is 1.75 bits per heavy atom. The molecule has 3 nitrogen and oxygen atoms in total. The minimum absolute atomic E-state index is 0.0937. The van der Waals surface area contributed by atoms with Gasteiger partial charge >= 0.3 is 0 Å². The first kappa shape index (κ1) is 17.1. The molecule has 1 atom stereocenters. The Morgan fingerprint density at radius 1 is 1.15 bits per heavy atom. The highest BCUT2D eigenvalue weighted by atomic mass is 15.2. The van der Waals surface area contributed by atoms with E-state index in [1.54, 1.807) is 0 Å². The van der Waals surface area contributed by atoms with E-state index >= 15 is 0 Å². The quantitative estimate of drug-likeness (QED) is 0.583. The molecule has 0 radical (unpaired) electrons. The molecule has 0 saturated carbocycles. The molecule has 1 rings (SSSR count). The average Bonchev–Trinajstić information content (AvgIpc) is 2.39. The fourth-order valence-corrected chi connectivity index (χ4v) is 2.76. The molecule has 1 aromatic rings. The first-order valence-corrected chi connectivity index (χ1v) is 7.86. The van der Waals surface area contributed by atoms with Crippen LogP contribution in [0, 0.1) is 5.92 Å². The van der Waals surface area contributed by atoms with E-state index in [1.165, 1.54) is 31.2 Å². The van der Waals surface area contributed by atoms with E-state index in [9.17, 15) is 0 Å². The van der Waals surface area contributed by atoms with Gasteiger partial charge < -0.3 is 0 Å². The fourth-order valence-electron chi connectivity index (χ4n) is 2.76. The predicted molar refractivity (Wildman–Crippen MR) is 86.3 cm³/mol. The van der Waals surface area contributed by atoms with Gasteiger partial charge in [0, 0.05) is 17.3 Å². The van der Waals surface area contributed by atoms with Gasteiger partial charge in [-0.1, -0.05) is 53.5 Å². The third-order valence-corrected chi connectivity index (χ3v) is 3.88. The minimum atomic E-state index is 0.0937. The van der Waals surface area contributed by atoms with Gasteiger partial charge in [0.15, 0.2) is 0 Å². The largest absolute Gasteiger partial charge is 0.271 e. The predicted octanol–water partition coefficient (Wildman–Crippen LogP) is 4.10. The maximum absolute atomic E-state index is 5.81. The lowest BCUT2D eigenvalue weighted by atomic mass is 9.86. The van der Waals surface area contributed by atoms with Crippen molar-refractivity contribution < 1.29 is 0 Å². The molecule has 1 unspecified atom stereocenters. The minimum Gasteiger partial charge on any atom is -0.271 e. The van der Waals surface area contributed by atoms with Gasteiger partial charge in [-0.3, -0.25) is 16.3 Å². The van der Waals surface area contributed by atoms with E-state index in [-0.39, 0.29) is 11.5 Å². The Bertz CT molecular complexity index is 372. The molecular formula is C17H31N3. The van der Waals surface area contributed by atoms with Crippen LogP contribution in [-0.4, -0.2) is 4.98 Å².